The number of nitrogens with one attached hydrogen (secondary N) is 3. The van der Waals surface area contributed by atoms with E-state index in [1.54, 1.807) is 12.1 Å². The average molecular weight is 754 g/mol. The quantitative estimate of drug-likeness (QED) is 0.0815. The van der Waals surface area contributed by atoms with Crippen LogP contribution in [-0.4, -0.2) is 54.1 Å². The van der Waals surface area contributed by atoms with Crippen LogP contribution in [0.25, 0.3) is 10.8 Å². The lowest BCUT2D eigenvalue weighted by Crippen LogP contribution is -2.50. The maximum atomic E-state index is 13.8. The number of esters is 1. The molecule has 1 aliphatic heterocycles. The summed E-state index contributed by atoms with van der Waals surface area (Å²) in [6.07, 6.45) is 4.78. The zero-order chi connectivity index (χ0) is 39.1. The standard InChI is InChI=1S/C46H47N3O7/c50-29-40(26-33-19-23-41(24-20-33)55-30-34-13-5-2-6-14-34)47-43(51)28-37-17-9-10-18-38(25-32-11-3-1-4-12-32)46(54)56-31-42(49-44(37)52)45(53)48-39-22-21-35-15-7-8-16-36(35)27-39/h1-16,19-24,27,37-38,40,42,50H,17-18,25-26,28-31H2,(H,47,51)(H,48,53)(H,49,52)/t37-,38+,40+,42+/m1/s1. The van der Waals surface area contributed by atoms with Gasteiger partial charge in [0.25, 0.3) is 5.91 Å². The van der Waals surface area contributed by atoms with Crippen LogP contribution >= 0.6 is 0 Å². The Bertz CT molecular complexity index is 2100. The number of cyclic esters (lactones) is 1. The fraction of sp³-hybridized carbons (Fsp3) is 0.261. The number of anilines is 1. The monoisotopic (exact) mass is 753 g/mol. The summed E-state index contributed by atoms with van der Waals surface area (Å²) in [6, 6.07) is 38.3. The Morgan fingerprint density at radius 3 is 2.14 bits per heavy atom. The first-order valence-electron chi connectivity index (χ1n) is 18.9. The Balaban J connectivity index is 1.12. The molecule has 1 aliphatic rings. The van der Waals surface area contributed by atoms with Gasteiger partial charge in [-0.3, -0.25) is 19.2 Å². The molecule has 4 N–H and O–H groups in total. The van der Waals surface area contributed by atoms with Crippen LogP contribution in [0.2, 0.25) is 0 Å². The van der Waals surface area contributed by atoms with Crippen molar-refractivity contribution in [1.82, 2.24) is 10.6 Å². The second kappa shape index (κ2) is 19.9. The number of aliphatic hydroxyl groups excluding tert-OH is 1. The Hall–Kier alpha value is -6.26. The van der Waals surface area contributed by atoms with Crippen LogP contribution in [0.5, 0.6) is 5.75 Å². The van der Waals surface area contributed by atoms with Gasteiger partial charge in [-0.25, -0.2) is 0 Å². The predicted molar refractivity (Wildman–Crippen MR) is 216 cm³/mol. The lowest BCUT2D eigenvalue weighted by atomic mass is 9.94. The van der Waals surface area contributed by atoms with E-state index in [9.17, 15) is 24.3 Å². The molecule has 10 nitrogen and oxygen atoms in total. The highest BCUT2D eigenvalue weighted by Gasteiger charge is 2.30. The molecule has 0 unspecified atom stereocenters. The molecule has 288 valence electrons. The molecule has 0 aliphatic carbocycles. The largest absolute Gasteiger partial charge is 0.489 e. The fourth-order valence-electron chi connectivity index (χ4n) is 6.64. The van der Waals surface area contributed by atoms with E-state index in [0.29, 0.717) is 37.3 Å². The van der Waals surface area contributed by atoms with Crippen molar-refractivity contribution in [1.29, 1.82) is 0 Å². The summed E-state index contributed by atoms with van der Waals surface area (Å²) in [7, 11) is 0. The van der Waals surface area contributed by atoms with Crippen LogP contribution in [0.1, 0.15) is 36.0 Å². The Labute approximate surface area is 326 Å². The molecular formula is C46H47N3O7. The van der Waals surface area contributed by atoms with E-state index in [0.717, 1.165) is 27.5 Å². The van der Waals surface area contributed by atoms with Gasteiger partial charge in [0.15, 0.2) is 0 Å². The summed E-state index contributed by atoms with van der Waals surface area (Å²) < 4.78 is 11.6. The molecule has 0 spiro atoms. The first-order valence-corrected chi connectivity index (χ1v) is 18.9. The number of aliphatic hydroxyl groups is 1. The van der Waals surface area contributed by atoms with Crippen molar-refractivity contribution >= 4 is 40.2 Å². The molecule has 0 aromatic heterocycles. The number of carbonyl (C=O) groups excluding carboxylic acids is 4. The molecule has 0 fully saturated rings. The lowest BCUT2D eigenvalue weighted by molar-refractivity contribution is -0.150. The van der Waals surface area contributed by atoms with Gasteiger partial charge in [-0.05, 0) is 77.4 Å². The molecule has 0 saturated heterocycles. The molecule has 3 amide bonds. The number of hydrogen-bond donors (Lipinski definition) is 4. The molecule has 1 heterocycles. The Kier molecular flexibility index (Phi) is 14.0. The Morgan fingerprint density at radius 2 is 1.43 bits per heavy atom. The van der Waals surface area contributed by atoms with Gasteiger partial charge in [0.1, 0.15) is 25.0 Å². The summed E-state index contributed by atoms with van der Waals surface area (Å²) in [5.74, 6) is -2.65. The van der Waals surface area contributed by atoms with Crippen molar-refractivity contribution in [2.45, 2.75) is 50.8 Å². The predicted octanol–water partition coefficient (Wildman–Crippen LogP) is 6.32. The van der Waals surface area contributed by atoms with E-state index < -0.39 is 47.6 Å². The molecule has 5 aromatic carbocycles. The van der Waals surface area contributed by atoms with Crippen LogP contribution in [-0.2, 0) is 43.4 Å². The van der Waals surface area contributed by atoms with E-state index in [1.807, 2.05) is 127 Å². The van der Waals surface area contributed by atoms with Crippen molar-refractivity contribution in [2.75, 3.05) is 18.5 Å². The van der Waals surface area contributed by atoms with Gasteiger partial charge in [0.05, 0.1) is 24.5 Å². The average Bonchev–Trinajstić information content (AvgIpc) is 3.22. The number of ether oxygens (including phenoxy) is 2. The third kappa shape index (κ3) is 11.6. The zero-order valence-electron chi connectivity index (χ0n) is 31.1. The van der Waals surface area contributed by atoms with Crippen LogP contribution in [0.4, 0.5) is 5.69 Å². The van der Waals surface area contributed by atoms with Gasteiger partial charge in [0.2, 0.25) is 11.8 Å². The lowest BCUT2D eigenvalue weighted by Gasteiger charge is -2.24. The first-order chi connectivity index (χ1) is 27.3. The van der Waals surface area contributed by atoms with Gasteiger partial charge in [-0.15, -0.1) is 0 Å². The molecule has 10 heteroatoms. The maximum Gasteiger partial charge on any atom is 0.309 e. The summed E-state index contributed by atoms with van der Waals surface area (Å²) >= 11 is 0. The van der Waals surface area contributed by atoms with E-state index >= 15 is 0 Å². The number of hydrogen-bond acceptors (Lipinski definition) is 7. The topological polar surface area (TPSA) is 143 Å². The number of allylic oxidation sites excluding steroid dienone is 2. The smallest absolute Gasteiger partial charge is 0.309 e. The highest BCUT2D eigenvalue weighted by molar-refractivity contribution is 6.00. The molecule has 0 bridgehead atoms. The second-order valence-electron chi connectivity index (χ2n) is 14.0. The minimum Gasteiger partial charge on any atom is -0.489 e. The number of carbonyl (C=O) groups is 4. The summed E-state index contributed by atoms with van der Waals surface area (Å²) in [5, 5.41) is 20.6. The number of amides is 3. The van der Waals surface area contributed by atoms with Gasteiger partial charge in [0, 0.05) is 12.1 Å². The van der Waals surface area contributed by atoms with Gasteiger partial charge >= 0.3 is 5.97 Å². The highest BCUT2D eigenvalue weighted by atomic mass is 16.5. The molecule has 0 saturated carbocycles. The highest BCUT2D eigenvalue weighted by Crippen LogP contribution is 2.22. The SMILES string of the molecule is O=C(C[C@H]1CC=CC[C@@H](Cc2ccccc2)C(=O)OC[C@@H](C(=O)Nc2ccc3ccccc3c2)NC1=O)N[C@H](CO)Cc1ccc(OCc2ccccc2)cc1. The van der Waals surface area contributed by atoms with Crippen molar-refractivity contribution in [3.63, 3.8) is 0 Å². The van der Waals surface area contributed by atoms with Gasteiger partial charge in [-0.2, -0.15) is 0 Å². The normalized spacial score (nSPS) is 18.1. The molecule has 4 atom stereocenters. The van der Waals surface area contributed by atoms with Crippen molar-refractivity contribution < 1.29 is 33.8 Å². The summed E-state index contributed by atoms with van der Waals surface area (Å²) in [4.78, 5) is 54.3. The van der Waals surface area contributed by atoms with Crippen LogP contribution in [0.3, 0.4) is 0 Å². The molecule has 5 aromatic rings. The van der Waals surface area contributed by atoms with Gasteiger partial charge in [-0.1, -0.05) is 115 Å². The number of fused-ring (bicyclic) bond motifs is 1. The maximum absolute atomic E-state index is 13.8. The molecule has 6 rings (SSSR count). The molecule has 0 radical (unpaired) electrons. The van der Waals surface area contributed by atoms with Crippen molar-refractivity contribution in [3.05, 3.63) is 156 Å². The van der Waals surface area contributed by atoms with Crippen LogP contribution < -0.4 is 20.7 Å². The third-order valence-electron chi connectivity index (χ3n) is 9.75. The van der Waals surface area contributed by atoms with Crippen molar-refractivity contribution in [2.24, 2.45) is 11.8 Å². The zero-order valence-corrected chi connectivity index (χ0v) is 31.1. The van der Waals surface area contributed by atoms with Crippen LogP contribution in [0.15, 0.2) is 140 Å². The second-order valence-corrected chi connectivity index (χ2v) is 14.0. The van der Waals surface area contributed by atoms with Gasteiger partial charge < -0.3 is 30.5 Å². The molecule has 56 heavy (non-hydrogen) atoms. The van der Waals surface area contributed by atoms with E-state index in [-0.39, 0.29) is 26.1 Å². The van der Waals surface area contributed by atoms with E-state index in [1.165, 1.54) is 0 Å². The minimum atomic E-state index is -1.23. The first kappa shape index (κ1) is 39.4. The number of rotatable bonds is 13. The third-order valence-corrected chi connectivity index (χ3v) is 9.75. The number of benzene rings is 5. The van der Waals surface area contributed by atoms with Crippen molar-refractivity contribution in [3.8, 4) is 5.75 Å². The summed E-state index contributed by atoms with van der Waals surface area (Å²) in [6.45, 7) is -0.255. The fourth-order valence-corrected chi connectivity index (χ4v) is 6.64. The minimum absolute atomic E-state index is 0.189. The Morgan fingerprint density at radius 1 is 0.768 bits per heavy atom. The van der Waals surface area contributed by atoms with Crippen LogP contribution in [0, 0.1) is 11.8 Å². The molecular weight excluding hydrogens is 707 g/mol. The van der Waals surface area contributed by atoms with E-state index in [2.05, 4.69) is 16.0 Å². The van der Waals surface area contributed by atoms with E-state index in [4.69, 9.17) is 9.47 Å². The summed E-state index contributed by atoms with van der Waals surface area (Å²) in [5.41, 5.74) is 3.43.